The fraction of sp³-hybridized carbons (Fsp3) is 0.200. The van der Waals surface area contributed by atoms with E-state index in [0.717, 1.165) is 33.3 Å². The fourth-order valence-electron chi connectivity index (χ4n) is 2.61. The Bertz CT molecular complexity index is 848. The second-order valence-corrected chi connectivity index (χ2v) is 7.30. The first kappa shape index (κ1) is 17.6. The molecule has 1 heterocycles. The van der Waals surface area contributed by atoms with Gasteiger partial charge in [0.2, 0.25) is 5.91 Å². The Labute approximate surface area is 156 Å². The Morgan fingerprint density at radius 3 is 2.76 bits per heavy atom. The molecule has 0 aliphatic rings. The first-order chi connectivity index (χ1) is 12.1. The molecule has 3 aromatic rings. The summed E-state index contributed by atoms with van der Waals surface area (Å²) in [7, 11) is 0. The predicted octanol–water partition coefficient (Wildman–Crippen LogP) is 4.81. The van der Waals surface area contributed by atoms with Crippen molar-refractivity contribution in [3.05, 3.63) is 86.8 Å². The molecule has 0 spiro atoms. The number of amides is 1. The molecule has 2 aromatic carbocycles. The van der Waals surface area contributed by atoms with Gasteiger partial charge in [0.1, 0.15) is 0 Å². The largest absolute Gasteiger partial charge is 0.349 e. The van der Waals surface area contributed by atoms with Crippen molar-refractivity contribution in [1.82, 2.24) is 10.3 Å². The Kier molecular flexibility index (Phi) is 5.84. The van der Waals surface area contributed by atoms with Crippen molar-refractivity contribution in [3.63, 3.8) is 0 Å². The molecule has 25 heavy (non-hydrogen) atoms. The number of hydrogen-bond donors (Lipinski definition) is 1. The molecular formula is C20H19ClN2OS. The molecule has 0 saturated heterocycles. The number of carbonyl (C=O) groups is 1. The molecule has 0 unspecified atom stereocenters. The maximum Gasteiger partial charge on any atom is 0.226 e. The highest BCUT2D eigenvalue weighted by Crippen LogP contribution is 2.18. The molecule has 1 amide bonds. The van der Waals surface area contributed by atoms with E-state index in [9.17, 15) is 4.79 Å². The Morgan fingerprint density at radius 2 is 2.00 bits per heavy atom. The SMILES string of the molecule is C[C@@H](NC(=O)Cc1csc(Cc2cccc(Cl)c2)n1)c1ccccc1. The number of aromatic nitrogens is 1. The molecule has 0 aliphatic carbocycles. The van der Waals surface area contributed by atoms with E-state index in [1.54, 1.807) is 11.3 Å². The summed E-state index contributed by atoms with van der Waals surface area (Å²) >= 11 is 7.59. The van der Waals surface area contributed by atoms with Crippen LogP contribution < -0.4 is 5.32 Å². The lowest BCUT2D eigenvalue weighted by atomic mass is 10.1. The summed E-state index contributed by atoms with van der Waals surface area (Å²) in [6.07, 6.45) is 1.02. The van der Waals surface area contributed by atoms with E-state index in [0.29, 0.717) is 6.42 Å². The van der Waals surface area contributed by atoms with Crippen LogP contribution in [0.5, 0.6) is 0 Å². The summed E-state index contributed by atoms with van der Waals surface area (Å²) < 4.78 is 0. The third-order valence-corrected chi connectivity index (χ3v) is 5.00. The number of halogens is 1. The molecule has 1 N–H and O–H groups in total. The number of rotatable bonds is 6. The van der Waals surface area contributed by atoms with Gasteiger partial charge in [-0.2, -0.15) is 0 Å². The fourth-order valence-corrected chi connectivity index (χ4v) is 3.66. The third-order valence-electron chi connectivity index (χ3n) is 3.86. The first-order valence-corrected chi connectivity index (χ1v) is 9.38. The normalized spacial score (nSPS) is 11.9. The topological polar surface area (TPSA) is 42.0 Å². The number of thiazole rings is 1. The molecule has 5 heteroatoms. The highest BCUT2D eigenvalue weighted by Gasteiger charge is 2.12. The van der Waals surface area contributed by atoms with Gasteiger partial charge in [0, 0.05) is 16.8 Å². The van der Waals surface area contributed by atoms with Gasteiger partial charge in [0.05, 0.1) is 23.2 Å². The minimum absolute atomic E-state index is 0.0155. The van der Waals surface area contributed by atoms with Gasteiger partial charge in [0.15, 0.2) is 0 Å². The van der Waals surface area contributed by atoms with Crippen LogP contribution in [0.4, 0.5) is 0 Å². The summed E-state index contributed by atoms with van der Waals surface area (Å²) in [6, 6.07) is 17.7. The zero-order valence-electron chi connectivity index (χ0n) is 13.9. The molecule has 1 atom stereocenters. The van der Waals surface area contributed by atoms with Crippen LogP contribution in [0, 0.1) is 0 Å². The van der Waals surface area contributed by atoms with Crippen LogP contribution in [-0.4, -0.2) is 10.9 Å². The van der Waals surface area contributed by atoms with Crippen LogP contribution in [0.25, 0.3) is 0 Å². The molecule has 0 saturated carbocycles. The monoisotopic (exact) mass is 370 g/mol. The molecule has 1 aromatic heterocycles. The van der Waals surface area contributed by atoms with Crippen molar-refractivity contribution >= 4 is 28.8 Å². The maximum atomic E-state index is 12.2. The minimum Gasteiger partial charge on any atom is -0.349 e. The van der Waals surface area contributed by atoms with E-state index in [2.05, 4.69) is 10.3 Å². The Hall–Kier alpha value is -2.17. The van der Waals surface area contributed by atoms with Gasteiger partial charge in [-0.05, 0) is 30.2 Å². The zero-order chi connectivity index (χ0) is 17.6. The summed E-state index contributed by atoms with van der Waals surface area (Å²) in [4.78, 5) is 16.8. The molecular weight excluding hydrogens is 352 g/mol. The third kappa shape index (κ3) is 5.15. The lowest BCUT2D eigenvalue weighted by molar-refractivity contribution is -0.121. The van der Waals surface area contributed by atoms with Crippen LogP contribution in [0.1, 0.15) is 34.8 Å². The van der Waals surface area contributed by atoms with Gasteiger partial charge in [-0.1, -0.05) is 54.1 Å². The van der Waals surface area contributed by atoms with E-state index in [1.807, 2.05) is 66.9 Å². The Morgan fingerprint density at radius 1 is 1.20 bits per heavy atom. The van der Waals surface area contributed by atoms with Crippen molar-refractivity contribution in [2.45, 2.75) is 25.8 Å². The van der Waals surface area contributed by atoms with Crippen molar-refractivity contribution in [1.29, 1.82) is 0 Å². The van der Waals surface area contributed by atoms with Crippen LogP contribution in [-0.2, 0) is 17.6 Å². The predicted molar refractivity (Wildman–Crippen MR) is 103 cm³/mol. The summed E-state index contributed by atoms with van der Waals surface area (Å²) in [5, 5.41) is 6.68. The molecule has 0 aliphatic heterocycles. The summed E-state index contributed by atoms with van der Waals surface area (Å²) in [5.41, 5.74) is 3.02. The Balaban J connectivity index is 1.56. The lowest BCUT2D eigenvalue weighted by Gasteiger charge is -2.13. The number of nitrogens with zero attached hydrogens (tertiary/aromatic N) is 1. The second-order valence-electron chi connectivity index (χ2n) is 5.92. The maximum absolute atomic E-state index is 12.2. The molecule has 128 valence electrons. The van der Waals surface area contributed by atoms with Gasteiger partial charge in [0.25, 0.3) is 0 Å². The number of nitrogens with one attached hydrogen (secondary N) is 1. The minimum atomic E-state index is -0.0176. The van der Waals surface area contributed by atoms with Crippen molar-refractivity contribution in [3.8, 4) is 0 Å². The van der Waals surface area contributed by atoms with Gasteiger partial charge in [-0.3, -0.25) is 4.79 Å². The number of carbonyl (C=O) groups excluding carboxylic acids is 1. The quantitative estimate of drug-likeness (QED) is 0.676. The summed E-state index contributed by atoms with van der Waals surface area (Å²) in [6.45, 7) is 1.98. The van der Waals surface area contributed by atoms with Crippen molar-refractivity contribution in [2.24, 2.45) is 0 Å². The number of hydrogen-bond acceptors (Lipinski definition) is 3. The van der Waals surface area contributed by atoms with Gasteiger partial charge in [-0.15, -0.1) is 11.3 Å². The highest BCUT2D eigenvalue weighted by molar-refractivity contribution is 7.09. The molecule has 0 radical (unpaired) electrons. The van der Waals surface area contributed by atoms with E-state index < -0.39 is 0 Å². The molecule has 3 rings (SSSR count). The molecule has 0 fully saturated rings. The molecule has 3 nitrogen and oxygen atoms in total. The summed E-state index contributed by atoms with van der Waals surface area (Å²) in [5.74, 6) is -0.0176. The van der Waals surface area contributed by atoms with Crippen LogP contribution in [0.3, 0.4) is 0 Å². The average molecular weight is 371 g/mol. The standard InChI is InChI=1S/C20H19ClN2OS/c1-14(16-7-3-2-4-8-16)22-19(24)12-18-13-25-20(23-18)11-15-6-5-9-17(21)10-15/h2-10,13-14H,11-12H2,1H3,(H,22,24)/t14-/m1/s1. The van der Waals surface area contributed by atoms with Gasteiger partial charge >= 0.3 is 0 Å². The van der Waals surface area contributed by atoms with E-state index >= 15 is 0 Å². The van der Waals surface area contributed by atoms with Crippen molar-refractivity contribution < 1.29 is 4.79 Å². The highest BCUT2D eigenvalue weighted by atomic mass is 35.5. The average Bonchev–Trinajstić information content (AvgIpc) is 3.02. The van der Waals surface area contributed by atoms with Crippen LogP contribution in [0.2, 0.25) is 5.02 Å². The number of benzene rings is 2. The van der Waals surface area contributed by atoms with Gasteiger partial charge < -0.3 is 5.32 Å². The smallest absolute Gasteiger partial charge is 0.226 e. The molecule has 0 bridgehead atoms. The second kappa shape index (κ2) is 8.28. The first-order valence-electron chi connectivity index (χ1n) is 8.12. The van der Waals surface area contributed by atoms with E-state index in [4.69, 9.17) is 11.6 Å². The van der Waals surface area contributed by atoms with Crippen LogP contribution in [0.15, 0.2) is 60.0 Å². The van der Waals surface area contributed by atoms with E-state index in [-0.39, 0.29) is 11.9 Å². The van der Waals surface area contributed by atoms with Crippen molar-refractivity contribution in [2.75, 3.05) is 0 Å². The van der Waals surface area contributed by atoms with E-state index in [1.165, 1.54) is 0 Å². The lowest BCUT2D eigenvalue weighted by Crippen LogP contribution is -2.28. The zero-order valence-corrected chi connectivity index (χ0v) is 15.5. The van der Waals surface area contributed by atoms with Crippen LogP contribution >= 0.6 is 22.9 Å². The van der Waals surface area contributed by atoms with Gasteiger partial charge in [-0.25, -0.2) is 4.98 Å².